The van der Waals surface area contributed by atoms with Crippen molar-refractivity contribution in [2.75, 3.05) is 38.1 Å². The lowest BCUT2D eigenvalue weighted by Gasteiger charge is -2.41. The monoisotopic (exact) mass is 500 g/mol. The molecule has 2 bridgehead atoms. The van der Waals surface area contributed by atoms with Crippen LogP contribution in [0.3, 0.4) is 0 Å². The van der Waals surface area contributed by atoms with Gasteiger partial charge < -0.3 is 15.2 Å². The van der Waals surface area contributed by atoms with Crippen molar-refractivity contribution < 1.29 is 4.79 Å². The molecular formula is C23H29BrN6O2. The standard InChI is InChI=1S/C23H29BrN6O2/c1-3-14-13-26-22(28-20(14)31)23-10-15(11-23)18(12-23)30-8-6-29(7-9-30)17-5-4-16(21(32)25-2)27-19(17)24/h4-5,13,15,18H,3,6-12H2,1-2H3,(H,25,32)(H,26,28,31). The smallest absolute Gasteiger partial charge is 0.269 e. The largest absolute Gasteiger partial charge is 0.367 e. The summed E-state index contributed by atoms with van der Waals surface area (Å²) in [6.45, 7) is 5.84. The van der Waals surface area contributed by atoms with Crippen LogP contribution in [0.2, 0.25) is 0 Å². The molecular weight excluding hydrogens is 472 g/mol. The lowest BCUT2D eigenvalue weighted by molar-refractivity contribution is 0.0958. The molecule has 32 heavy (non-hydrogen) atoms. The Morgan fingerprint density at radius 1 is 1.25 bits per heavy atom. The zero-order chi connectivity index (χ0) is 22.5. The molecule has 1 unspecified atom stereocenters. The van der Waals surface area contributed by atoms with Crippen molar-refractivity contribution in [3.8, 4) is 0 Å². The van der Waals surface area contributed by atoms with E-state index in [2.05, 4.69) is 46.0 Å². The predicted octanol–water partition coefficient (Wildman–Crippen LogP) is 2.09. The molecule has 3 saturated carbocycles. The first-order chi connectivity index (χ1) is 15.4. The van der Waals surface area contributed by atoms with E-state index in [1.807, 2.05) is 13.0 Å². The normalized spacial score (nSPS) is 27.3. The molecule has 170 valence electrons. The van der Waals surface area contributed by atoms with E-state index in [4.69, 9.17) is 0 Å². The first-order valence-corrected chi connectivity index (χ1v) is 12.2. The highest BCUT2D eigenvalue weighted by molar-refractivity contribution is 9.10. The number of amides is 1. The Hall–Kier alpha value is -2.26. The van der Waals surface area contributed by atoms with Crippen LogP contribution in [0, 0.1) is 5.92 Å². The van der Waals surface area contributed by atoms with Crippen LogP contribution in [-0.4, -0.2) is 65.0 Å². The second-order valence-electron chi connectivity index (χ2n) is 9.27. The number of nitrogens with one attached hydrogen (secondary N) is 2. The summed E-state index contributed by atoms with van der Waals surface area (Å²) in [6, 6.07) is 4.31. The molecule has 1 amide bonds. The van der Waals surface area contributed by atoms with Gasteiger partial charge in [-0.2, -0.15) is 0 Å². The molecule has 4 fully saturated rings. The molecule has 0 radical (unpaired) electrons. The van der Waals surface area contributed by atoms with Crippen molar-refractivity contribution in [3.05, 3.63) is 50.4 Å². The van der Waals surface area contributed by atoms with Crippen LogP contribution in [0.25, 0.3) is 0 Å². The Morgan fingerprint density at radius 2 is 2.00 bits per heavy atom. The first-order valence-electron chi connectivity index (χ1n) is 11.4. The van der Waals surface area contributed by atoms with Crippen molar-refractivity contribution in [1.29, 1.82) is 0 Å². The molecule has 1 atom stereocenters. The topological polar surface area (TPSA) is 94.2 Å². The molecule has 3 heterocycles. The van der Waals surface area contributed by atoms with E-state index >= 15 is 0 Å². The molecule has 4 aliphatic rings. The van der Waals surface area contributed by atoms with Gasteiger partial charge in [-0.25, -0.2) is 9.97 Å². The van der Waals surface area contributed by atoms with Gasteiger partial charge in [0, 0.05) is 56.4 Å². The highest BCUT2D eigenvalue weighted by atomic mass is 79.9. The maximum atomic E-state index is 12.3. The zero-order valence-electron chi connectivity index (χ0n) is 18.5. The third-order valence-electron chi connectivity index (χ3n) is 7.62. The van der Waals surface area contributed by atoms with Gasteiger partial charge in [-0.05, 0) is 59.7 Å². The van der Waals surface area contributed by atoms with Crippen LogP contribution in [-0.2, 0) is 11.8 Å². The summed E-state index contributed by atoms with van der Waals surface area (Å²) in [5.74, 6) is 1.40. The number of carbonyl (C=O) groups is 1. The number of nitrogens with zero attached hydrogens (tertiary/aromatic N) is 4. The highest BCUT2D eigenvalue weighted by Gasteiger charge is 2.59. The average Bonchev–Trinajstić information content (AvgIpc) is 3.36. The van der Waals surface area contributed by atoms with Gasteiger partial charge in [0.05, 0.1) is 5.69 Å². The summed E-state index contributed by atoms with van der Waals surface area (Å²) in [4.78, 5) is 41.2. The molecule has 8 nitrogen and oxygen atoms in total. The number of halogens is 1. The third kappa shape index (κ3) is 3.55. The number of piperazine rings is 1. The molecule has 1 saturated heterocycles. The number of hydrogen-bond donors (Lipinski definition) is 2. The summed E-state index contributed by atoms with van der Waals surface area (Å²) in [5.41, 5.74) is 2.28. The fourth-order valence-electron chi connectivity index (χ4n) is 5.82. The molecule has 2 aromatic rings. The number of pyridine rings is 1. The summed E-state index contributed by atoms with van der Waals surface area (Å²) < 4.78 is 0.708. The lowest BCUT2D eigenvalue weighted by Crippen LogP contribution is -2.51. The number of carbonyl (C=O) groups excluding carboxylic acids is 1. The van der Waals surface area contributed by atoms with Crippen LogP contribution < -0.4 is 15.8 Å². The molecule has 0 spiro atoms. The number of aromatic nitrogens is 3. The summed E-state index contributed by atoms with van der Waals surface area (Å²) >= 11 is 3.54. The van der Waals surface area contributed by atoms with Gasteiger partial charge in [0.25, 0.3) is 11.5 Å². The second kappa shape index (κ2) is 8.26. The molecule has 0 aromatic carbocycles. The number of H-pyrrole nitrogens is 1. The quantitative estimate of drug-likeness (QED) is 0.610. The minimum atomic E-state index is -0.184. The van der Waals surface area contributed by atoms with E-state index in [1.54, 1.807) is 19.3 Å². The Morgan fingerprint density at radius 3 is 2.62 bits per heavy atom. The van der Waals surface area contributed by atoms with Crippen molar-refractivity contribution in [2.24, 2.45) is 5.92 Å². The van der Waals surface area contributed by atoms with Crippen LogP contribution in [0.1, 0.15) is 48.1 Å². The van der Waals surface area contributed by atoms with Gasteiger partial charge >= 0.3 is 0 Å². The van der Waals surface area contributed by atoms with Crippen LogP contribution >= 0.6 is 15.9 Å². The summed E-state index contributed by atoms with van der Waals surface area (Å²) in [6.07, 6.45) is 5.82. The summed E-state index contributed by atoms with van der Waals surface area (Å²) in [5, 5.41) is 2.61. The third-order valence-corrected chi connectivity index (χ3v) is 8.20. The van der Waals surface area contributed by atoms with E-state index in [0.29, 0.717) is 28.7 Å². The molecule has 2 N–H and O–H groups in total. The number of aryl methyl sites for hydroxylation is 1. The molecule has 9 heteroatoms. The van der Waals surface area contributed by atoms with E-state index in [9.17, 15) is 9.59 Å². The van der Waals surface area contributed by atoms with Crippen LogP contribution in [0.5, 0.6) is 0 Å². The number of anilines is 1. The van der Waals surface area contributed by atoms with Gasteiger partial charge in [0.2, 0.25) is 0 Å². The Kier molecular flexibility index (Phi) is 5.57. The van der Waals surface area contributed by atoms with E-state index in [0.717, 1.165) is 62.5 Å². The van der Waals surface area contributed by atoms with E-state index in [-0.39, 0.29) is 16.9 Å². The second-order valence-corrected chi connectivity index (χ2v) is 10.0. The predicted molar refractivity (Wildman–Crippen MR) is 126 cm³/mol. The minimum absolute atomic E-state index is 0.0222. The average molecular weight is 501 g/mol. The fraction of sp³-hybridized carbons (Fsp3) is 0.565. The molecule has 6 rings (SSSR count). The number of aromatic amines is 1. The SMILES string of the molecule is CCc1cnc(C23CC(C2)C(N2CCN(c4ccc(C(=O)NC)nc4Br)CC2)C3)[nH]c1=O. The fourth-order valence-corrected chi connectivity index (χ4v) is 6.40. The Bertz CT molecular complexity index is 1090. The van der Waals surface area contributed by atoms with Crippen LogP contribution in [0.4, 0.5) is 5.69 Å². The molecule has 2 aromatic heterocycles. The zero-order valence-corrected chi connectivity index (χ0v) is 20.1. The maximum Gasteiger partial charge on any atom is 0.269 e. The van der Waals surface area contributed by atoms with Crippen molar-refractivity contribution in [3.63, 3.8) is 0 Å². The lowest BCUT2D eigenvalue weighted by atomic mass is 9.69. The van der Waals surface area contributed by atoms with Crippen molar-refractivity contribution in [1.82, 2.24) is 25.2 Å². The highest BCUT2D eigenvalue weighted by Crippen LogP contribution is 2.60. The summed E-state index contributed by atoms with van der Waals surface area (Å²) in [7, 11) is 1.61. The molecule has 1 aliphatic heterocycles. The maximum absolute atomic E-state index is 12.3. The Labute approximate surface area is 195 Å². The van der Waals surface area contributed by atoms with Gasteiger partial charge in [-0.1, -0.05) is 6.92 Å². The number of hydrogen-bond acceptors (Lipinski definition) is 6. The Balaban J connectivity index is 1.23. The van der Waals surface area contributed by atoms with Crippen LogP contribution in [0.15, 0.2) is 27.7 Å². The van der Waals surface area contributed by atoms with Gasteiger partial charge in [-0.3, -0.25) is 14.5 Å². The van der Waals surface area contributed by atoms with E-state index < -0.39 is 0 Å². The van der Waals surface area contributed by atoms with E-state index in [1.165, 1.54) is 0 Å². The van der Waals surface area contributed by atoms with Crippen molar-refractivity contribution in [2.45, 2.75) is 44.1 Å². The van der Waals surface area contributed by atoms with Gasteiger partial charge in [0.1, 0.15) is 16.1 Å². The first kappa shape index (κ1) is 21.6. The number of fused-ring (bicyclic) bond motifs is 1. The number of rotatable bonds is 5. The minimum Gasteiger partial charge on any atom is -0.367 e. The van der Waals surface area contributed by atoms with Crippen molar-refractivity contribution >= 4 is 27.5 Å². The van der Waals surface area contributed by atoms with Gasteiger partial charge in [-0.15, -0.1) is 0 Å². The molecule has 3 aliphatic carbocycles. The van der Waals surface area contributed by atoms with Gasteiger partial charge in [0.15, 0.2) is 0 Å².